The maximum Gasteiger partial charge on any atom is 0.303 e. The third kappa shape index (κ3) is 4.43. The number of nitrogens with one attached hydrogen (secondary N) is 1. The molecule has 2 N–H and O–H groups in total. The van der Waals surface area contributed by atoms with Gasteiger partial charge in [0.2, 0.25) is 5.88 Å². The summed E-state index contributed by atoms with van der Waals surface area (Å²) in [6.45, 7) is 3.84. The lowest BCUT2D eigenvalue weighted by Crippen LogP contribution is -2.32. The summed E-state index contributed by atoms with van der Waals surface area (Å²) >= 11 is 1.25. The molecule has 0 spiro atoms. The van der Waals surface area contributed by atoms with Crippen LogP contribution in [0.2, 0.25) is 0 Å². The summed E-state index contributed by atoms with van der Waals surface area (Å²) in [5, 5.41) is 12.3. The number of carboxylic acid groups (broad SMARTS) is 1. The molecule has 1 atom stereocenters. The second kappa shape index (κ2) is 8.21. The summed E-state index contributed by atoms with van der Waals surface area (Å²) in [5.74, 6) is -0.253. The van der Waals surface area contributed by atoms with Crippen LogP contribution in [0, 0.1) is 6.92 Å². The van der Waals surface area contributed by atoms with Gasteiger partial charge in [-0.1, -0.05) is 0 Å². The number of aliphatic carboxylic acids is 1. The Morgan fingerprint density at radius 1 is 1.32 bits per heavy atom. The molecular formula is C16H21N3O5S. The van der Waals surface area contributed by atoms with Gasteiger partial charge in [-0.25, -0.2) is 4.98 Å². The van der Waals surface area contributed by atoms with Crippen LogP contribution >= 0.6 is 11.3 Å². The van der Waals surface area contributed by atoms with Gasteiger partial charge in [0.05, 0.1) is 17.4 Å². The number of rotatable bonds is 8. The van der Waals surface area contributed by atoms with Crippen molar-refractivity contribution in [2.45, 2.75) is 39.3 Å². The van der Waals surface area contributed by atoms with Crippen LogP contribution in [-0.2, 0) is 16.1 Å². The molecule has 2 aromatic rings. The Labute approximate surface area is 149 Å². The molecule has 0 bridgehead atoms. The van der Waals surface area contributed by atoms with E-state index < -0.39 is 5.97 Å². The highest BCUT2D eigenvalue weighted by Crippen LogP contribution is 2.35. The van der Waals surface area contributed by atoms with Crippen molar-refractivity contribution in [2.75, 3.05) is 14.2 Å². The van der Waals surface area contributed by atoms with Gasteiger partial charge in [-0.15, -0.1) is 11.3 Å². The molecule has 2 rings (SSSR count). The van der Waals surface area contributed by atoms with E-state index in [9.17, 15) is 9.59 Å². The van der Waals surface area contributed by atoms with Gasteiger partial charge in [0.25, 0.3) is 5.91 Å². The number of methoxy groups -OCH3 is 2. The number of aromatic nitrogens is 2. The molecule has 1 unspecified atom stereocenters. The van der Waals surface area contributed by atoms with E-state index in [1.165, 1.54) is 18.4 Å². The SMILES string of the molecule is COCc1nc(OC)c2c(C)c(C(=O)NC(C)CCC(=O)O)sc2n1. The molecule has 0 aliphatic carbocycles. The Bertz CT molecular complexity index is 790. The summed E-state index contributed by atoms with van der Waals surface area (Å²) in [5.41, 5.74) is 0.740. The van der Waals surface area contributed by atoms with Gasteiger partial charge in [-0.2, -0.15) is 4.98 Å². The molecule has 0 radical (unpaired) electrons. The highest BCUT2D eigenvalue weighted by atomic mass is 32.1. The van der Waals surface area contributed by atoms with Crippen molar-refractivity contribution < 1.29 is 24.2 Å². The Hall–Kier alpha value is -2.26. The van der Waals surface area contributed by atoms with Crippen LogP contribution < -0.4 is 10.1 Å². The maximum absolute atomic E-state index is 12.5. The number of fused-ring (bicyclic) bond motifs is 1. The van der Waals surface area contributed by atoms with Gasteiger partial charge >= 0.3 is 5.97 Å². The number of carbonyl (C=O) groups is 2. The first-order valence-corrected chi connectivity index (χ1v) is 8.54. The van der Waals surface area contributed by atoms with Crippen molar-refractivity contribution in [1.29, 1.82) is 0 Å². The molecule has 0 saturated carbocycles. The smallest absolute Gasteiger partial charge is 0.303 e. The van der Waals surface area contributed by atoms with Crippen LogP contribution in [0.5, 0.6) is 5.88 Å². The number of amides is 1. The van der Waals surface area contributed by atoms with Gasteiger partial charge in [0.1, 0.15) is 11.4 Å². The molecule has 0 saturated heterocycles. The highest BCUT2D eigenvalue weighted by molar-refractivity contribution is 7.20. The zero-order valence-electron chi connectivity index (χ0n) is 14.6. The number of ether oxygens (including phenoxy) is 2. The lowest BCUT2D eigenvalue weighted by molar-refractivity contribution is -0.137. The van der Waals surface area contributed by atoms with Gasteiger partial charge in [0.15, 0.2) is 5.82 Å². The maximum atomic E-state index is 12.5. The Morgan fingerprint density at radius 2 is 2.04 bits per heavy atom. The fourth-order valence-corrected chi connectivity index (χ4v) is 3.50. The molecule has 25 heavy (non-hydrogen) atoms. The molecule has 2 heterocycles. The summed E-state index contributed by atoms with van der Waals surface area (Å²) < 4.78 is 10.4. The van der Waals surface area contributed by atoms with Crippen LogP contribution in [-0.4, -0.2) is 47.2 Å². The van der Waals surface area contributed by atoms with Crippen LogP contribution in [0.3, 0.4) is 0 Å². The lowest BCUT2D eigenvalue weighted by Gasteiger charge is -2.12. The van der Waals surface area contributed by atoms with Crippen LogP contribution in [0.1, 0.15) is 40.8 Å². The lowest BCUT2D eigenvalue weighted by atomic mass is 10.1. The number of thiophene rings is 1. The van der Waals surface area contributed by atoms with Crippen molar-refractivity contribution in [1.82, 2.24) is 15.3 Å². The van der Waals surface area contributed by atoms with E-state index in [0.29, 0.717) is 33.2 Å². The summed E-state index contributed by atoms with van der Waals surface area (Å²) in [7, 11) is 3.07. The van der Waals surface area contributed by atoms with Gasteiger partial charge in [-0.3, -0.25) is 9.59 Å². The third-order valence-electron chi connectivity index (χ3n) is 3.64. The quantitative estimate of drug-likeness (QED) is 0.735. The standard InChI is InChI=1S/C16H21N3O5S/c1-8(5-6-11(20)21)17-14(22)13-9(2)12-15(24-4)18-10(7-23-3)19-16(12)25-13/h8H,5-7H2,1-4H3,(H,17,22)(H,20,21). The van der Waals surface area contributed by atoms with Crippen molar-refractivity contribution in [3.05, 3.63) is 16.3 Å². The van der Waals surface area contributed by atoms with Crippen LogP contribution in [0.25, 0.3) is 10.2 Å². The number of aryl methyl sites for hydroxylation is 1. The zero-order valence-corrected chi connectivity index (χ0v) is 15.4. The normalized spacial score (nSPS) is 12.2. The van der Waals surface area contributed by atoms with E-state index in [0.717, 1.165) is 5.56 Å². The zero-order chi connectivity index (χ0) is 18.6. The van der Waals surface area contributed by atoms with Gasteiger partial charge in [0, 0.05) is 19.6 Å². The average Bonchev–Trinajstić information content (AvgIpc) is 2.89. The summed E-state index contributed by atoms with van der Waals surface area (Å²) in [4.78, 5) is 33.1. The molecular weight excluding hydrogens is 346 g/mol. The molecule has 0 fully saturated rings. The van der Waals surface area contributed by atoms with Crippen molar-refractivity contribution in [3.8, 4) is 5.88 Å². The van der Waals surface area contributed by atoms with Crippen molar-refractivity contribution >= 4 is 33.4 Å². The number of hydrogen-bond acceptors (Lipinski definition) is 7. The monoisotopic (exact) mass is 367 g/mol. The Morgan fingerprint density at radius 3 is 2.64 bits per heavy atom. The first-order valence-electron chi connectivity index (χ1n) is 7.73. The molecule has 136 valence electrons. The number of nitrogens with zero attached hydrogens (tertiary/aromatic N) is 2. The molecule has 0 aliphatic rings. The Kier molecular flexibility index (Phi) is 6.27. The minimum Gasteiger partial charge on any atom is -0.481 e. The largest absolute Gasteiger partial charge is 0.481 e. The van der Waals surface area contributed by atoms with E-state index in [1.807, 2.05) is 6.92 Å². The first-order chi connectivity index (χ1) is 11.9. The first kappa shape index (κ1) is 19.1. The third-order valence-corrected chi connectivity index (χ3v) is 4.83. The number of carboxylic acids is 1. The van der Waals surface area contributed by atoms with E-state index in [1.54, 1.807) is 14.0 Å². The van der Waals surface area contributed by atoms with Crippen molar-refractivity contribution in [2.24, 2.45) is 0 Å². The minimum atomic E-state index is -0.884. The van der Waals surface area contributed by atoms with E-state index in [2.05, 4.69) is 15.3 Å². The second-order valence-electron chi connectivity index (χ2n) is 5.63. The summed E-state index contributed by atoms with van der Waals surface area (Å²) in [6.07, 6.45) is 0.374. The minimum absolute atomic E-state index is 0.00647. The fraction of sp³-hybridized carbons (Fsp3) is 0.500. The van der Waals surface area contributed by atoms with Crippen LogP contribution in [0.15, 0.2) is 0 Å². The topological polar surface area (TPSA) is 111 Å². The summed E-state index contributed by atoms with van der Waals surface area (Å²) in [6, 6.07) is -0.245. The fourth-order valence-electron chi connectivity index (χ4n) is 2.40. The van der Waals surface area contributed by atoms with E-state index in [-0.39, 0.29) is 25.0 Å². The molecule has 2 aromatic heterocycles. The average molecular weight is 367 g/mol. The van der Waals surface area contributed by atoms with Gasteiger partial charge < -0.3 is 19.9 Å². The molecule has 8 nitrogen and oxygen atoms in total. The molecule has 1 amide bonds. The van der Waals surface area contributed by atoms with Crippen LogP contribution in [0.4, 0.5) is 0 Å². The van der Waals surface area contributed by atoms with E-state index in [4.69, 9.17) is 14.6 Å². The number of carbonyl (C=O) groups excluding carboxylic acids is 1. The van der Waals surface area contributed by atoms with Gasteiger partial charge in [-0.05, 0) is 25.8 Å². The van der Waals surface area contributed by atoms with E-state index >= 15 is 0 Å². The predicted molar refractivity (Wildman–Crippen MR) is 93.2 cm³/mol. The second-order valence-corrected chi connectivity index (χ2v) is 6.62. The predicted octanol–water partition coefficient (Wildman–Crippen LogP) is 2.14. The van der Waals surface area contributed by atoms with Crippen molar-refractivity contribution in [3.63, 3.8) is 0 Å². The Balaban J connectivity index is 2.30. The molecule has 0 aromatic carbocycles. The highest BCUT2D eigenvalue weighted by Gasteiger charge is 2.22. The number of hydrogen-bond donors (Lipinski definition) is 2. The molecule has 0 aliphatic heterocycles. The molecule has 9 heteroatoms.